The molecular weight excluding hydrogens is 335 g/mol. The number of likely N-dealkylation sites (N-methyl/N-ethyl adjacent to an activating group) is 1. The van der Waals surface area contributed by atoms with Crippen LogP contribution < -0.4 is 0 Å². The second-order valence-corrected chi connectivity index (χ2v) is 7.09. The lowest BCUT2D eigenvalue weighted by molar-refractivity contribution is -0.141. The minimum Gasteiger partial charge on any atom is -0.308 e. The first kappa shape index (κ1) is 18.9. The number of nitrogens with zero attached hydrogens (tertiary/aromatic N) is 3. The van der Waals surface area contributed by atoms with Crippen molar-refractivity contribution in [3.05, 3.63) is 51.5 Å². The summed E-state index contributed by atoms with van der Waals surface area (Å²) in [5.41, 5.74) is 1.19. The van der Waals surface area contributed by atoms with E-state index in [-0.39, 0.29) is 0 Å². The van der Waals surface area contributed by atoms with Crippen molar-refractivity contribution in [2.45, 2.75) is 26.2 Å². The summed E-state index contributed by atoms with van der Waals surface area (Å²) in [6, 6.07) is 4.65. The van der Waals surface area contributed by atoms with Crippen molar-refractivity contribution in [1.82, 2.24) is 14.8 Å². The number of aromatic nitrogens is 1. The van der Waals surface area contributed by atoms with Crippen molar-refractivity contribution < 1.29 is 13.2 Å². The van der Waals surface area contributed by atoms with Gasteiger partial charge in [-0.05, 0) is 49.7 Å². The molecule has 2 aromatic rings. The number of halogens is 3. The normalized spacial score (nSPS) is 12.3. The zero-order valence-corrected chi connectivity index (χ0v) is 14.9. The predicted molar refractivity (Wildman–Crippen MR) is 91.0 cm³/mol. The van der Waals surface area contributed by atoms with Crippen molar-refractivity contribution in [2.24, 2.45) is 0 Å². The molecule has 132 valence electrons. The Morgan fingerprint density at radius 3 is 2.33 bits per heavy atom. The van der Waals surface area contributed by atoms with Crippen LogP contribution in [0.15, 0.2) is 29.8 Å². The highest BCUT2D eigenvalue weighted by Crippen LogP contribution is 2.27. The van der Waals surface area contributed by atoms with Gasteiger partial charge in [0.2, 0.25) is 0 Å². The third-order valence-corrected chi connectivity index (χ3v) is 4.73. The van der Waals surface area contributed by atoms with Crippen LogP contribution in [0.25, 0.3) is 0 Å². The Hall–Kier alpha value is -1.44. The van der Waals surface area contributed by atoms with Crippen molar-refractivity contribution in [3.63, 3.8) is 0 Å². The summed E-state index contributed by atoms with van der Waals surface area (Å²) < 4.78 is 37.8. The van der Waals surface area contributed by atoms with Crippen LogP contribution in [0.5, 0.6) is 0 Å². The van der Waals surface area contributed by atoms with E-state index in [1.807, 2.05) is 14.1 Å². The lowest BCUT2D eigenvalue weighted by atomic mass is 10.2. The summed E-state index contributed by atoms with van der Waals surface area (Å²) in [5.74, 6) is 0. The maximum absolute atomic E-state index is 12.6. The van der Waals surface area contributed by atoms with E-state index in [0.717, 1.165) is 31.3 Å². The SMILES string of the molecule is Cc1ccsc1CN(CCN(C)C)Cc1ccc(C(F)(F)F)nc1. The fourth-order valence-electron chi connectivity index (χ4n) is 2.27. The topological polar surface area (TPSA) is 19.4 Å². The van der Waals surface area contributed by atoms with E-state index < -0.39 is 11.9 Å². The highest BCUT2D eigenvalue weighted by atomic mass is 32.1. The van der Waals surface area contributed by atoms with Crippen LogP contribution in [-0.2, 0) is 19.3 Å². The molecule has 0 radical (unpaired) electrons. The zero-order chi connectivity index (χ0) is 17.7. The molecule has 0 bridgehead atoms. The van der Waals surface area contributed by atoms with E-state index >= 15 is 0 Å². The molecule has 0 aliphatic heterocycles. The van der Waals surface area contributed by atoms with E-state index in [2.05, 4.69) is 33.2 Å². The van der Waals surface area contributed by atoms with Crippen LogP contribution in [-0.4, -0.2) is 42.0 Å². The Balaban J connectivity index is 2.08. The van der Waals surface area contributed by atoms with E-state index in [1.165, 1.54) is 22.7 Å². The molecule has 0 aromatic carbocycles. The summed E-state index contributed by atoms with van der Waals surface area (Å²) in [7, 11) is 4.02. The highest BCUT2D eigenvalue weighted by molar-refractivity contribution is 7.10. The molecule has 0 fully saturated rings. The minimum absolute atomic E-state index is 0.580. The number of thiophene rings is 1. The molecule has 0 aliphatic carbocycles. The number of alkyl halides is 3. The van der Waals surface area contributed by atoms with Gasteiger partial charge in [0.15, 0.2) is 0 Å². The van der Waals surface area contributed by atoms with Crippen LogP contribution in [0.1, 0.15) is 21.7 Å². The van der Waals surface area contributed by atoms with Gasteiger partial charge in [-0.2, -0.15) is 13.2 Å². The van der Waals surface area contributed by atoms with Gasteiger partial charge in [-0.15, -0.1) is 11.3 Å². The smallest absolute Gasteiger partial charge is 0.308 e. The number of pyridine rings is 1. The van der Waals surface area contributed by atoms with Crippen molar-refractivity contribution in [1.29, 1.82) is 0 Å². The molecule has 0 atom stereocenters. The zero-order valence-electron chi connectivity index (χ0n) is 14.1. The number of aryl methyl sites for hydroxylation is 1. The third kappa shape index (κ3) is 5.58. The first-order valence-electron chi connectivity index (χ1n) is 7.68. The maximum Gasteiger partial charge on any atom is 0.433 e. The van der Waals surface area contributed by atoms with Gasteiger partial charge in [-0.1, -0.05) is 6.07 Å². The fraction of sp³-hybridized carbons (Fsp3) is 0.471. The van der Waals surface area contributed by atoms with Gasteiger partial charge in [0.05, 0.1) is 0 Å². The van der Waals surface area contributed by atoms with E-state index in [0.29, 0.717) is 6.54 Å². The molecule has 0 unspecified atom stereocenters. The van der Waals surface area contributed by atoms with Crippen molar-refractivity contribution >= 4 is 11.3 Å². The van der Waals surface area contributed by atoms with Crippen molar-refractivity contribution in [2.75, 3.05) is 27.2 Å². The Bertz CT molecular complexity index is 635. The van der Waals surface area contributed by atoms with E-state index in [4.69, 9.17) is 0 Å². The van der Waals surface area contributed by atoms with E-state index in [9.17, 15) is 13.2 Å². The molecule has 0 saturated heterocycles. The standard InChI is InChI=1S/C17H22F3N3S/c1-13-6-9-24-15(13)12-23(8-7-22(2)3)11-14-4-5-16(21-10-14)17(18,19)20/h4-6,9-10H,7-8,11-12H2,1-3H3. The molecule has 3 nitrogen and oxygen atoms in total. The third-order valence-electron chi connectivity index (χ3n) is 3.72. The molecule has 2 heterocycles. The Kier molecular flexibility index (Phi) is 6.37. The predicted octanol–water partition coefficient (Wildman–Crippen LogP) is 4.03. The Morgan fingerprint density at radius 1 is 1.08 bits per heavy atom. The quantitative estimate of drug-likeness (QED) is 0.746. The Labute approximate surface area is 144 Å². The molecule has 0 N–H and O–H groups in total. The molecule has 0 spiro atoms. The molecule has 0 amide bonds. The van der Waals surface area contributed by atoms with Gasteiger partial charge in [-0.3, -0.25) is 9.88 Å². The molecule has 0 saturated carbocycles. The van der Waals surface area contributed by atoms with Gasteiger partial charge < -0.3 is 4.90 Å². The summed E-state index contributed by atoms with van der Waals surface area (Å²) in [4.78, 5) is 9.17. The van der Waals surface area contributed by atoms with E-state index in [1.54, 1.807) is 11.3 Å². The highest BCUT2D eigenvalue weighted by Gasteiger charge is 2.32. The van der Waals surface area contributed by atoms with Gasteiger partial charge in [0, 0.05) is 37.3 Å². The number of hydrogen-bond donors (Lipinski definition) is 0. The van der Waals surface area contributed by atoms with Crippen molar-refractivity contribution in [3.8, 4) is 0 Å². The minimum atomic E-state index is -4.39. The van der Waals surface area contributed by atoms with Crippen LogP contribution in [0.3, 0.4) is 0 Å². The summed E-state index contributed by atoms with van der Waals surface area (Å²) in [5, 5.41) is 2.06. The van der Waals surface area contributed by atoms with Crippen LogP contribution in [0, 0.1) is 6.92 Å². The summed E-state index contributed by atoms with van der Waals surface area (Å²) in [6.45, 7) is 5.17. The molecule has 2 rings (SSSR count). The summed E-state index contributed by atoms with van der Waals surface area (Å²) in [6.07, 6.45) is -3.07. The van der Waals surface area contributed by atoms with Crippen LogP contribution in [0.4, 0.5) is 13.2 Å². The first-order chi connectivity index (χ1) is 11.3. The largest absolute Gasteiger partial charge is 0.433 e. The summed E-state index contributed by atoms with van der Waals surface area (Å²) >= 11 is 1.71. The molecule has 7 heteroatoms. The lowest BCUT2D eigenvalue weighted by Crippen LogP contribution is -2.31. The second kappa shape index (κ2) is 8.09. The van der Waals surface area contributed by atoms with Crippen LogP contribution in [0.2, 0.25) is 0 Å². The number of hydrogen-bond acceptors (Lipinski definition) is 4. The molecule has 2 aromatic heterocycles. The van der Waals surface area contributed by atoms with Gasteiger partial charge in [0.1, 0.15) is 5.69 Å². The second-order valence-electron chi connectivity index (χ2n) is 6.09. The maximum atomic E-state index is 12.6. The average molecular weight is 357 g/mol. The molecule has 24 heavy (non-hydrogen) atoms. The molecular formula is C17H22F3N3S. The van der Waals surface area contributed by atoms with Gasteiger partial charge in [-0.25, -0.2) is 0 Å². The number of rotatable bonds is 7. The first-order valence-corrected chi connectivity index (χ1v) is 8.56. The van der Waals surface area contributed by atoms with Gasteiger partial charge in [0.25, 0.3) is 0 Å². The fourth-order valence-corrected chi connectivity index (χ4v) is 3.22. The lowest BCUT2D eigenvalue weighted by Gasteiger charge is -2.24. The van der Waals surface area contributed by atoms with Crippen LogP contribution >= 0.6 is 11.3 Å². The Morgan fingerprint density at radius 2 is 1.83 bits per heavy atom. The van der Waals surface area contributed by atoms with Gasteiger partial charge >= 0.3 is 6.18 Å². The average Bonchev–Trinajstić information content (AvgIpc) is 2.89. The monoisotopic (exact) mass is 357 g/mol. The molecule has 0 aliphatic rings.